The number of hydrogen-bond donors (Lipinski definition) is 2. The number of hydrogen-bond acceptors (Lipinski definition) is 4. The van der Waals surface area contributed by atoms with Gasteiger partial charge in [0.05, 0.1) is 0 Å². The van der Waals surface area contributed by atoms with Crippen molar-refractivity contribution in [2.24, 2.45) is 0 Å². The molecule has 0 aliphatic rings. The van der Waals surface area contributed by atoms with Crippen molar-refractivity contribution in [3.8, 4) is 0 Å². The molecule has 2 aromatic rings. The topological polar surface area (TPSA) is 82.3 Å². The Kier molecular flexibility index (Phi) is 4.24. The van der Waals surface area contributed by atoms with Gasteiger partial charge in [0.1, 0.15) is 9.92 Å². The van der Waals surface area contributed by atoms with Gasteiger partial charge in [-0.25, -0.2) is 8.42 Å². The number of aromatic nitrogens is 1. The van der Waals surface area contributed by atoms with Gasteiger partial charge in [-0.15, -0.1) is 0 Å². The van der Waals surface area contributed by atoms with Crippen molar-refractivity contribution < 1.29 is 8.42 Å². The number of pyridine rings is 1. The number of H-pyrrole nitrogens is 1. The first-order chi connectivity index (χ1) is 9.79. The third-order valence-electron chi connectivity index (χ3n) is 2.78. The Morgan fingerprint density at radius 3 is 2.33 bits per heavy atom. The smallest absolute Gasteiger partial charge is 0.266 e. The molecular formula is C13H14ClN3O3S. The van der Waals surface area contributed by atoms with Crippen LogP contribution in [0.3, 0.4) is 0 Å². The summed E-state index contributed by atoms with van der Waals surface area (Å²) in [5, 5.41) is -0.180. The maximum absolute atomic E-state index is 12.2. The lowest BCUT2D eigenvalue weighted by Crippen LogP contribution is -2.16. The van der Waals surface area contributed by atoms with Crippen LogP contribution < -0.4 is 15.2 Å². The predicted molar refractivity (Wildman–Crippen MR) is 83.7 cm³/mol. The van der Waals surface area contributed by atoms with E-state index in [4.69, 9.17) is 11.6 Å². The van der Waals surface area contributed by atoms with Gasteiger partial charge in [0.15, 0.2) is 0 Å². The molecule has 1 heterocycles. The third-order valence-corrected chi connectivity index (χ3v) is 4.42. The van der Waals surface area contributed by atoms with Gasteiger partial charge in [-0.2, -0.15) is 0 Å². The van der Waals surface area contributed by atoms with Gasteiger partial charge < -0.3 is 9.88 Å². The van der Waals surface area contributed by atoms with E-state index in [2.05, 4.69) is 9.71 Å². The van der Waals surface area contributed by atoms with Gasteiger partial charge in [0, 0.05) is 31.7 Å². The van der Waals surface area contributed by atoms with Crippen LogP contribution in [-0.2, 0) is 10.0 Å². The summed E-state index contributed by atoms with van der Waals surface area (Å²) < 4.78 is 26.8. The van der Waals surface area contributed by atoms with Gasteiger partial charge >= 0.3 is 0 Å². The van der Waals surface area contributed by atoms with E-state index < -0.39 is 15.6 Å². The second kappa shape index (κ2) is 5.79. The first kappa shape index (κ1) is 15.4. The molecular weight excluding hydrogens is 314 g/mol. The Morgan fingerprint density at radius 2 is 1.81 bits per heavy atom. The Hall–Kier alpha value is -1.99. The van der Waals surface area contributed by atoms with Crippen molar-refractivity contribution in [3.05, 3.63) is 51.9 Å². The summed E-state index contributed by atoms with van der Waals surface area (Å²) in [6.45, 7) is 0. The lowest BCUT2D eigenvalue weighted by atomic mass is 10.3. The molecule has 21 heavy (non-hydrogen) atoms. The Morgan fingerprint density at radius 1 is 1.19 bits per heavy atom. The minimum atomic E-state index is -3.80. The minimum absolute atomic E-state index is 0.108. The molecule has 1 aromatic heterocycles. The molecule has 0 saturated heterocycles. The SMILES string of the molecule is CN(C)c1ccc(NS(=O)(=O)c2c[nH]c(=O)c(Cl)c2)cc1. The number of benzene rings is 1. The van der Waals surface area contributed by atoms with E-state index in [0.29, 0.717) is 5.69 Å². The van der Waals surface area contributed by atoms with E-state index in [1.165, 1.54) is 0 Å². The summed E-state index contributed by atoms with van der Waals surface area (Å²) in [5.74, 6) is 0. The van der Waals surface area contributed by atoms with Crippen molar-refractivity contribution in [1.29, 1.82) is 0 Å². The highest BCUT2D eigenvalue weighted by Gasteiger charge is 2.15. The molecule has 1 aromatic carbocycles. The molecule has 0 aliphatic carbocycles. The molecule has 0 unspecified atom stereocenters. The van der Waals surface area contributed by atoms with Gasteiger partial charge in [0.2, 0.25) is 0 Å². The largest absolute Gasteiger partial charge is 0.378 e. The lowest BCUT2D eigenvalue weighted by molar-refractivity contribution is 0.600. The summed E-state index contributed by atoms with van der Waals surface area (Å²) in [7, 11) is -0.0231. The number of aromatic amines is 1. The van der Waals surface area contributed by atoms with Gasteiger partial charge in [-0.3, -0.25) is 9.52 Å². The quantitative estimate of drug-likeness (QED) is 0.898. The highest BCUT2D eigenvalue weighted by atomic mass is 35.5. The zero-order valence-corrected chi connectivity index (χ0v) is 13.0. The maximum Gasteiger partial charge on any atom is 0.266 e. The first-order valence-electron chi connectivity index (χ1n) is 5.98. The molecule has 6 nitrogen and oxygen atoms in total. The summed E-state index contributed by atoms with van der Waals surface area (Å²) in [6, 6.07) is 7.99. The number of nitrogens with one attached hydrogen (secondary N) is 2. The first-order valence-corrected chi connectivity index (χ1v) is 7.84. The highest BCUT2D eigenvalue weighted by molar-refractivity contribution is 7.92. The fourth-order valence-corrected chi connectivity index (χ4v) is 2.92. The number of halogens is 1. The normalized spacial score (nSPS) is 11.2. The molecule has 0 amide bonds. The van der Waals surface area contributed by atoms with E-state index in [9.17, 15) is 13.2 Å². The average Bonchev–Trinajstić information content (AvgIpc) is 2.42. The number of anilines is 2. The Bertz CT molecular complexity index is 798. The van der Waals surface area contributed by atoms with Crippen LogP contribution in [0.15, 0.2) is 46.2 Å². The van der Waals surface area contributed by atoms with Crippen LogP contribution in [0.4, 0.5) is 11.4 Å². The molecule has 0 spiro atoms. The number of rotatable bonds is 4. The predicted octanol–water partition coefficient (Wildman–Crippen LogP) is 1.90. The van der Waals surface area contributed by atoms with Gasteiger partial charge in [0.25, 0.3) is 15.6 Å². The maximum atomic E-state index is 12.2. The van der Waals surface area contributed by atoms with Crippen LogP contribution >= 0.6 is 11.6 Å². The zero-order chi connectivity index (χ0) is 15.6. The van der Waals surface area contributed by atoms with Crippen LogP contribution in [0.1, 0.15) is 0 Å². The third kappa shape index (κ3) is 3.56. The van der Waals surface area contributed by atoms with Crippen molar-refractivity contribution in [2.75, 3.05) is 23.7 Å². The molecule has 0 fully saturated rings. The lowest BCUT2D eigenvalue weighted by Gasteiger charge is -2.13. The van der Waals surface area contributed by atoms with Crippen molar-refractivity contribution in [1.82, 2.24) is 4.98 Å². The van der Waals surface area contributed by atoms with Crippen molar-refractivity contribution in [3.63, 3.8) is 0 Å². The Balaban J connectivity index is 2.28. The van der Waals surface area contributed by atoms with Crippen LogP contribution in [0, 0.1) is 0 Å². The van der Waals surface area contributed by atoms with E-state index in [-0.39, 0.29) is 9.92 Å². The molecule has 0 radical (unpaired) electrons. The zero-order valence-electron chi connectivity index (χ0n) is 11.4. The van der Waals surface area contributed by atoms with Crippen LogP contribution in [0.25, 0.3) is 0 Å². The molecule has 0 saturated carbocycles. The minimum Gasteiger partial charge on any atom is -0.378 e. The van der Waals surface area contributed by atoms with Crippen molar-refractivity contribution >= 4 is 33.0 Å². The second-order valence-electron chi connectivity index (χ2n) is 4.56. The van der Waals surface area contributed by atoms with Gasteiger partial charge in [-0.05, 0) is 30.3 Å². The summed E-state index contributed by atoms with van der Waals surface area (Å²) in [4.78, 5) is 15.2. The highest BCUT2D eigenvalue weighted by Crippen LogP contribution is 2.19. The number of nitrogens with zero attached hydrogens (tertiary/aromatic N) is 1. The second-order valence-corrected chi connectivity index (χ2v) is 6.65. The Labute approximate surface area is 127 Å². The molecule has 0 atom stereocenters. The van der Waals surface area contributed by atoms with Crippen molar-refractivity contribution in [2.45, 2.75) is 4.90 Å². The fourth-order valence-electron chi connectivity index (χ4n) is 1.63. The monoisotopic (exact) mass is 327 g/mol. The molecule has 112 valence electrons. The summed E-state index contributed by atoms with van der Waals surface area (Å²) >= 11 is 5.64. The molecule has 2 rings (SSSR count). The van der Waals surface area contributed by atoms with Crippen LogP contribution in [0.5, 0.6) is 0 Å². The molecule has 0 bridgehead atoms. The van der Waals surface area contributed by atoms with Crippen LogP contribution in [0.2, 0.25) is 5.02 Å². The summed E-state index contributed by atoms with van der Waals surface area (Å²) in [6.07, 6.45) is 1.10. The van der Waals surface area contributed by atoms with E-state index in [0.717, 1.165) is 18.0 Å². The number of sulfonamides is 1. The molecule has 8 heteroatoms. The van der Waals surface area contributed by atoms with E-state index in [1.807, 2.05) is 19.0 Å². The average molecular weight is 328 g/mol. The summed E-state index contributed by atoms with van der Waals surface area (Å²) in [5.41, 5.74) is 0.832. The molecule has 2 N–H and O–H groups in total. The van der Waals surface area contributed by atoms with Gasteiger partial charge in [-0.1, -0.05) is 11.6 Å². The van der Waals surface area contributed by atoms with E-state index >= 15 is 0 Å². The molecule has 0 aliphatic heterocycles. The van der Waals surface area contributed by atoms with E-state index in [1.54, 1.807) is 24.3 Å². The fraction of sp³-hybridized carbons (Fsp3) is 0.154. The van der Waals surface area contributed by atoms with Crippen LogP contribution in [-0.4, -0.2) is 27.5 Å². The standard InChI is InChI=1S/C13H14ClN3O3S/c1-17(2)10-5-3-9(4-6-10)16-21(19,20)11-7-12(14)13(18)15-8-11/h3-8,16H,1-2H3,(H,15,18).